The van der Waals surface area contributed by atoms with Crippen molar-refractivity contribution in [3.05, 3.63) is 79.6 Å². The number of aromatic nitrogens is 1. The minimum absolute atomic E-state index is 0.202. The van der Waals surface area contributed by atoms with Crippen molar-refractivity contribution in [1.82, 2.24) is 9.47 Å². The maximum Gasteiger partial charge on any atom is 0.343 e. The summed E-state index contributed by atoms with van der Waals surface area (Å²) in [6.07, 6.45) is 1.14. The summed E-state index contributed by atoms with van der Waals surface area (Å²) >= 11 is 1.63. The molecule has 7 nitrogen and oxygen atoms in total. The average molecular weight is 487 g/mol. The molecule has 0 N–H and O–H groups in total. The number of methoxy groups -OCH3 is 2. The number of thiophene rings is 1. The third kappa shape index (κ3) is 5.31. The van der Waals surface area contributed by atoms with Crippen molar-refractivity contribution in [2.45, 2.75) is 25.9 Å². The van der Waals surface area contributed by atoms with E-state index in [1.54, 1.807) is 22.0 Å². The monoisotopic (exact) mass is 486 g/mol. The van der Waals surface area contributed by atoms with Crippen LogP contribution in [-0.2, 0) is 30.7 Å². The number of nitrogens with zero attached hydrogens (tertiary/aromatic N) is 2. The predicted molar refractivity (Wildman–Crippen MR) is 127 cm³/mol. The van der Waals surface area contributed by atoms with E-state index >= 15 is 0 Å². The van der Waals surface area contributed by atoms with E-state index in [-0.39, 0.29) is 17.1 Å². The molecule has 3 aromatic rings. The van der Waals surface area contributed by atoms with Crippen LogP contribution in [-0.4, -0.2) is 49.4 Å². The molecule has 1 aliphatic rings. The topological polar surface area (TPSA) is 70.0 Å². The number of carbonyl (C=O) groups is 1. The largest absolute Gasteiger partial charge is 0.494 e. The molecule has 0 bridgehead atoms. The quantitative estimate of drug-likeness (QED) is 0.454. The van der Waals surface area contributed by atoms with Crippen LogP contribution in [0.25, 0.3) is 0 Å². The molecule has 1 aromatic carbocycles. The summed E-state index contributed by atoms with van der Waals surface area (Å²) in [6.45, 7) is 2.45. The number of ether oxygens (including phenoxy) is 3. The lowest BCUT2D eigenvalue weighted by molar-refractivity contribution is 0.0593. The Morgan fingerprint density at radius 2 is 1.97 bits per heavy atom. The summed E-state index contributed by atoms with van der Waals surface area (Å²) in [5.74, 6) is -0.481. The van der Waals surface area contributed by atoms with Gasteiger partial charge in [0, 0.05) is 55.7 Å². The van der Waals surface area contributed by atoms with E-state index in [9.17, 15) is 14.0 Å². The zero-order valence-electron chi connectivity index (χ0n) is 19.2. The Hall–Kier alpha value is -3.17. The van der Waals surface area contributed by atoms with Crippen molar-refractivity contribution in [3.8, 4) is 11.5 Å². The summed E-state index contributed by atoms with van der Waals surface area (Å²) in [6, 6.07) is 10.3. The maximum absolute atomic E-state index is 14.1. The molecule has 180 valence electrons. The SMILES string of the molecule is COC(=O)c1c(OCCc2cccs2)cc(=O)n2c1CCN(Cc1ccc(OC)c(F)c1)CC2. The van der Waals surface area contributed by atoms with Crippen LogP contribution in [0.1, 0.15) is 26.5 Å². The molecule has 0 atom stereocenters. The van der Waals surface area contributed by atoms with E-state index in [0.717, 1.165) is 10.4 Å². The van der Waals surface area contributed by atoms with E-state index in [1.165, 1.54) is 26.4 Å². The number of hydrogen-bond acceptors (Lipinski definition) is 7. The van der Waals surface area contributed by atoms with Crippen LogP contribution in [0, 0.1) is 5.82 Å². The van der Waals surface area contributed by atoms with Gasteiger partial charge in [0.15, 0.2) is 11.6 Å². The maximum atomic E-state index is 14.1. The fourth-order valence-corrected chi connectivity index (χ4v) is 4.86. The number of esters is 1. The molecule has 0 radical (unpaired) electrons. The van der Waals surface area contributed by atoms with Gasteiger partial charge in [-0.2, -0.15) is 0 Å². The average Bonchev–Trinajstić information content (AvgIpc) is 3.26. The van der Waals surface area contributed by atoms with E-state index in [0.29, 0.717) is 56.9 Å². The fraction of sp³-hybridized carbons (Fsp3) is 0.360. The molecule has 0 unspecified atom stereocenters. The summed E-state index contributed by atoms with van der Waals surface area (Å²) in [5, 5.41) is 2.00. The summed E-state index contributed by atoms with van der Waals surface area (Å²) in [7, 11) is 2.75. The highest BCUT2D eigenvalue weighted by atomic mass is 32.1. The first-order valence-corrected chi connectivity index (χ1v) is 11.9. The van der Waals surface area contributed by atoms with Gasteiger partial charge in [0.1, 0.15) is 11.3 Å². The molecule has 1 aliphatic heterocycles. The van der Waals surface area contributed by atoms with Crippen LogP contribution in [0.5, 0.6) is 11.5 Å². The predicted octanol–water partition coefficient (Wildman–Crippen LogP) is 3.52. The molecule has 0 fully saturated rings. The molecule has 4 rings (SSSR count). The van der Waals surface area contributed by atoms with Crippen molar-refractivity contribution in [2.24, 2.45) is 0 Å². The van der Waals surface area contributed by atoms with Gasteiger partial charge in [0.25, 0.3) is 5.56 Å². The van der Waals surface area contributed by atoms with Crippen molar-refractivity contribution >= 4 is 17.3 Å². The molecule has 0 spiro atoms. The lowest BCUT2D eigenvalue weighted by atomic mass is 10.1. The normalized spacial score (nSPS) is 13.7. The highest BCUT2D eigenvalue weighted by Gasteiger charge is 2.26. The number of halogens is 1. The van der Waals surface area contributed by atoms with Crippen LogP contribution in [0.2, 0.25) is 0 Å². The van der Waals surface area contributed by atoms with E-state index in [2.05, 4.69) is 4.90 Å². The summed E-state index contributed by atoms with van der Waals surface area (Å²) < 4.78 is 31.7. The molecule has 2 aromatic heterocycles. The van der Waals surface area contributed by atoms with Crippen molar-refractivity contribution in [3.63, 3.8) is 0 Å². The molecular weight excluding hydrogens is 459 g/mol. The zero-order chi connectivity index (χ0) is 24.1. The Morgan fingerprint density at radius 1 is 1.12 bits per heavy atom. The lowest BCUT2D eigenvalue weighted by Crippen LogP contribution is -2.29. The van der Waals surface area contributed by atoms with Crippen LogP contribution in [0.4, 0.5) is 4.39 Å². The second-order valence-electron chi connectivity index (χ2n) is 7.98. The van der Waals surface area contributed by atoms with Crippen molar-refractivity contribution in [1.29, 1.82) is 0 Å². The van der Waals surface area contributed by atoms with Crippen LogP contribution < -0.4 is 15.0 Å². The Kier molecular flexibility index (Phi) is 7.64. The van der Waals surface area contributed by atoms with Crippen molar-refractivity contribution in [2.75, 3.05) is 33.9 Å². The second-order valence-corrected chi connectivity index (χ2v) is 9.02. The zero-order valence-corrected chi connectivity index (χ0v) is 20.0. The standard InChI is InChI=1S/C25H27FN2O5S/c1-31-21-6-5-17(14-19(21)26)16-27-9-7-20-24(25(30)32-2)22(15-23(29)28(20)11-10-27)33-12-8-18-4-3-13-34-18/h3-6,13-15H,7-12,16H2,1-2H3. The van der Waals surface area contributed by atoms with Gasteiger partial charge >= 0.3 is 5.97 Å². The number of fused-ring (bicyclic) bond motifs is 1. The molecule has 3 heterocycles. The lowest BCUT2D eigenvalue weighted by Gasteiger charge is -2.19. The molecule has 0 aliphatic carbocycles. The fourth-order valence-electron chi connectivity index (χ4n) is 4.17. The van der Waals surface area contributed by atoms with Gasteiger partial charge in [-0.15, -0.1) is 11.3 Å². The first-order valence-electron chi connectivity index (χ1n) is 11.0. The molecule has 0 amide bonds. The molecule has 0 saturated heterocycles. The summed E-state index contributed by atoms with van der Waals surface area (Å²) in [5.41, 5.74) is 1.49. The van der Waals surface area contributed by atoms with Gasteiger partial charge in [-0.25, -0.2) is 9.18 Å². The number of pyridine rings is 1. The molecule has 34 heavy (non-hydrogen) atoms. The van der Waals surface area contributed by atoms with Crippen LogP contribution in [0.3, 0.4) is 0 Å². The van der Waals surface area contributed by atoms with Gasteiger partial charge in [-0.05, 0) is 29.1 Å². The third-order valence-electron chi connectivity index (χ3n) is 5.88. The van der Waals surface area contributed by atoms with E-state index in [1.807, 2.05) is 23.6 Å². The van der Waals surface area contributed by atoms with Gasteiger partial charge in [-0.3, -0.25) is 9.69 Å². The number of rotatable bonds is 8. The molecule has 9 heteroatoms. The Bertz CT molecular complexity index is 1210. The third-order valence-corrected chi connectivity index (χ3v) is 6.82. The number of carbonyl (C=O) groups excluding carboxylic acids is 1. The number of benzene rings is 1. The Balaban J connectivity index is 1.54. The summed E-state index contributed by atoms with van der Waals surface area (Å²) in [4.78, 5) is 28.9. The first kappa shape index (κ1) is 24.0. The van der Waals surface area contributed by atoms with Gasteiger partial charge in [0.2, 0.25) is 0 Å². The minimum Gasteiger partial charge on any atom is -0.494 e. The Labute approximate surface area is 201 Å². The molecule has 0 saturated carbocycles. The van der Waals surface area contributed by atoms with E-state index < -0.39 is 11.8 Å². The minimum atomic E-state index is -0.527. The van der Waals surface area contributed by atoms with E-state index in [4.69, 9.17) is 14.2 Å². The second kappa shape index (κ2) is 10.8. The highest BCUT2D eigenvalue weighted by Crippen LogP contribution is 2.25. The molecular formula is C25H27FN2O5S. The van der Waals surface area contributed by atoms with Gasteiger partial charge in [-0.1, -0.05) is 12.1 Å². The van der Waals surface area contributed by atoms with Crippen molar-refractivity contribution < 1.29 is 23.4 Å². The highest BCUT2D eigenvalue weighted by molar-refractivity contribution is 7.09. The van der Waals surface area contributed by atoms with Gasteiger partial charge in [0.05, 0.1) is 20.8 Å². The first-order chi connectivity index (χ1) is 16.5. The number of hydrogen-bond donors (Lipinski definition) is 0. The van der Waals surface area contributed by atoms with Gasteiger partial charge < -0.3 is 18.8 Å². The smallest absolute Gasteiger partial charge is 0.343 e. The van der Waals surface area contributed by atoms with Crippen LogP contribution in [0.15, 0.2) is 46.6 Å². The Morgan fingerprint density at radius 3 is 2.68 bits per heavy atom. The van der Waals surface area contributed by atoms with Crippen LogP contribution >= 0.6 is 11.3 Å².